The summed E-state index contributed by atoms with van der Waals surface area (Å²) in [5, 5.41) is 13.3. The van der Waals surface area contributed by atoms with Gasteiger partial charge in [-0.05, 0) is 44.9 Å². The highest BCUT2D eigenvalue weighted by atomic mass is 16.2. The van der Waals surface area contributed by atoms with Gasteiger partial charge >= 0.3 is 0 Å². The Morgan fingerprint density at radius 1 is 0.882 bits per heavy atom. The zero-order valence-corrected chi connectivity index (χ0v) is 19.6. The molecular weight excluding hydrogens is 430 g/mol. The van der Waals surface area contributed by atoms with E-state index < -0.39 is 0 Å². The number of rotatable bonds is 5. The summed E-state index contributed by atoms with van der Waals surface area (Å²) in [5.41, 5.74) is 3.09. The number of carbonyl (C=O) groups excluding carboxylic acids is 1. The van der Waals surface area contributed by atoms with Gasteiger partial charge in [0, 0.05) is 56.9 Å². The number of aromatic nitrogens is 6. The zero-order valence-electron chi connectivity index (χ0n) is 19.6. The number of hydrogen-bond acceptors (Lipinski definition) is 8. The summed E-state index contributed by atoms with van der Waals surface area (Å²) in [4.78, 5) is 28.2. The van der Waals surface area contributed by atoms with Crippen molar-refractivity contribution < 1.29 is 4.79 Å². The lowest BCUT2D eigenvalue weighted by molar-refractivity contribution is -0.136. The largest absolute Gasteiger partial charge is 0.355 e. The summed E-state index contributed by atoms with van der Waals surface area (Å²) in [6, 6.07) is 8.14. The van der Waals surface area contributed by atoms with Crippen LogP contribution in [0.15, 0.2) is 30.6 Å². The minimum absolute atomic E-state index is 0.0104. The number of amides is 1. The van der Waals surface area contributed by atoms with Crippen molar-refractivity contribution in [1.82, 2.24) is 34.8 Å². The maximum atomic E-state index is 13.1. The summed E-state index contributed by atoms with van der Waals surface area (Å²) in [6.45, 7) is 8.36. The van der Waals surface area contributed by atoms with Crippen LogP contribution in [0, 0.1) is 19.8 Å². The molecule has 5 heterocycles. The van der Waals surface area contributed by atoms with Gasteiger partial charge in [0.2, 0.25) is 5.91 Å². The molecule has 3 aromatic rings. The molecule has 1 amide bonds. The third-order valence-corrected chi connectivity index (χ3v) is 7.00. The summed E-state index contributed by atoms with van der Waals surface area (Å²) < 4.78 is 1.83. The maximum absolute atomic E-state index is 13.1. The Hall–Kier alpha value is -3.56. The van der Waals surface area contributed by atoms with Gasteiger partial charge in [-0.2, -0.15) is 10.2 Å². The van der Waals surface area contributed by atoms with Gasteiger partial charge in [-0.1, -0.05) is 0 Å². The Morgan fingerprint density at radius 3 is 2.29 bits per heavy atom. The Morgan fingerprint density at radius 2 is 1.65 bits per heavy atom. The van der Waals surface area contributed by atoms with Crippen molar-refractivity contribution in [3.8, 4) is 5.82 Å². The first-order valence-corrected chi connectivity index (χ1v) is 12.0. The lowest BCUT2D eigenvalue weighted by Gasteiger charge is -2.43. The molecule has 0 unspecified atom stereocenters. The molecule has 6 rings (SSSR count). The molecule has 1 aliphatic carbocycles. The predicted molar refractivity (Wildman–Crippen MR) is 127 cm³/mol. The molecule has 2 aliphatic heterocycles. The second kappa shape index (κ2) is 8.34. The van der Waals surface area contributed by atoms with Crippen molar-refractivity contribution in [2.75, 3.05) is 49.1 Å². The molecule has 0 radical (unpaired) electrons. The number of nitrogens with zero attached hydrogens (tertiary/aromatic N) is 9. The van der Waals surface area contributed by atoms with Crippen LogP contribution < -0.4 is 9.80 Å². The number of piperazine rings is 1. The quantitative estimate of drug-likeness (QED) is 0.569. The topological polar surface area (TPSA) is 96.2 Å². The summed E-state index contributed by atoms with van der Waals surface area (Å²) in [5.74, 6) is 3.35. The van der Waals surface area contributed by atoms with Gasteiger partial charge in [0.1, 0.15) is 12.1 Å². The van der Waals surface area contributed by atoms with E-state index in [1.54, 1.807) is 6.33 Å². The highest BCUT2D eigenvalue weighted by Gasteiger charge is 2.37. The maximum Gasteiger partial charge on any atom is 0.229 e. The monoisotopic (exact) mass is 459 g/mol. The van der Waals surface area contributed by atoms with Gasteiger partial charge in [-0.3, -0.25) is 4.79 Å². The van der Waals surface area contributed by atoms with Crippen LogP contribution >= 0.6 is 0 Å². The molecule has 0 atom stereocenters. The molecule has 0 spiro atoms. The fraction of sp³-hybridized carbons (Fsp3) is 0.500. The molecule has 176 valence electrons. The van der Waals surface area contributed by atoms with E-state index in [4.69, 9.17) is 0 Å². The van der Waals surface area contributed by atoms with Gasteiger partial charge in [0.25, 0.3) is 0 Å². The lowest BCUT2D eigenvalue weighted by atomic mass is 9.98. The van der Waals surface area contributed by atoms with E-state index in [0.29, 0.717) is 19.0 Å². The fourth-order valence-corrected chi connectivity index (χ4v) is 4.82. The first-order valence-electron chi connectivity index (χ1n) is 12.0. The molecule has 0 bridgehead atoms. The van der Waals surface area contributed by atoms with Gasteiger partial charge in [0.15, 0.2) is 11.6 Å². The average molecular weight is 460 g/mol. The molecule has 3 aromatic heterocycles. The van der Waals surface area contributed by atoms with Crippen LogP contribution in [-0.2, 0) is 4.79 Å². The highest BCUT2D eigenvalue weighted by Crippen LogP contribution is 2.38. The number of hydrogen-bond donors (Lipinski definition) is 0. The van der Waals surface area contributed by atoms with Crippen LogP contribution in [0.25, 0.3) is 5.82 Å². The van der Waals surface area contributed by atoms with Gasteiger partial charge in [-0.25, -0.2) is 14.6 Å². The summed E-state index contributed by atoms with van der Waals surface area (Å²) >= 11 is 0. The lowest BCUT2D eigenvalue weighted by Crippen LogP contribution is -2.58. The molecule has 2 saturated heterocycles. The normalized spacial score (nSPS) is 18.8. The van der Waals surface area contributed by atoms with Crippen LogP contribution in [-0.4, -0.2) is 80.0 Å². The van der Waals surface area contributed by atoms with E-state index >= 15 is 0 Å². The highest BCUT2D eigenvalue weighted by molar-refractivity contribution is 5.82. The first-order chi connectivity index (χ1) is 16.5. The van der Waals surface area contributed by atoms with Crippen LogP contribution in [0.3, 0.4) is 0 Å². The van der Waals surface area contributed by atoms with Gasteiger partial charge in [-0.15, -0.1) is 5.10 Å². The molecule has 10 nitrogen and oxygen atoms in total. The van der Waals surface area contributed by atoms with Crippen molar-refractivity contribution in [1.29, 1.82) is 0 Å². The first kappa shape index (κ1) is 21.0. The fourth-order valence-electron chi connectivity index (χ4n) is 4.82. The third kappa shape index (κ3) is 3.97. The predicted octanol–water partition coefficient (Wildman–Crippen LogP) is 1.73. The van der Waals surface area contributed by atoms with Crippen LogP contribution in [0.5, 0.6) is 0 Å². The molecule has 3 fully saturated rings. The smallest absolute Gasteiger partial charge is 0.229 e. The van der Waals surface area contributed by atoms with Crippen molar-refractivity contribution in [2.24, 2.45) is 5.92 Å². The van der Waals surface area contributed by atoms with E-state index in [9.17, 15) is 4.79 Å². The number of anilines is 2. The van der Waals surface area contributed by atoms with Gasteiger partial charge in [0.05, 0.1) is 17.3 Å². The zero-order chi connectivity index (χ0) is 23.2. The average Bonchev–Trinajstić information content (AvgIpc) is 3.62. The second-order valence-corrected chi connectivity index (χ2v) is 9.58. The van der Waals surface area contributed by atoms with Crippen molar-refractivity contribution >= 4 is 17.5 Å². The van der Waals surface area contributed by atoms with Crippen molar-refractivity contribution in [2.45, 2.75) is 32.6 Å². The molecule has 10 heteroatoms. The molecule has 0 aromatic carbocycles. The second-order valence-electron chi connectivity index (χ2n) is 9.58. The van der Waals surface area contributed by atoms with Crippen LogP contribution in [0.2, 0.25) is 0 Å². The van der Waals surface area contributed by atoms with Gasteiger partial charge < -0.3 is 14.7 Å². The Kier molecular flexibility index (Phi) is 5.15. The van der Waals surface area contributed by atoms with Crippen molar-refractivity contribution in [3.63, 3.8) is 0 Å². The van der Waals surface area contributed by atoms with E-state index in [2.05, 4.69) is 47.2 Å². The Bertz CT molecular complexity index is 1190. The van der Waals surface area contributed by atoms with E-state index in [1.807, 2.05) is 35.6 Å². The summed E-state index contributed by atoms with van der Waals surface area (Å²) in [7, 11) is 0. The van der Waals surface area contributed by atoms with Crippen molar-refractivity contribution in [3.05, 3.63) is 47.7 Å². The number of aryl methyl sites for hydroxylation is 2. The standard InChI is InChI=1S/C24H29N9O/c1-16-11-17(2)33(29-16)23-12-22(25-15-26-23)32-13-19(14-32)24(34)31-9-7-30(8-10-31)21-6-5-20(27-28-21)18-3-4-18/h5-6,11-12,15,18-19H,3-4,7-10,13-14H2,1-2H3. The minimum Gasteiger partial charge on any atom is -0.355 e. The van der Waals surface area contributed by atoms with Crippen LogP contribution in [0.4, 0.5) is 11.6 Å². The molecule has 3 aliphatic rings. The van der Waals surface area contributed by atoms with E-state index in [0.717, 1.165) is 60.7 Å². The third-order valence-electron chi connectivity index (χ3n) is 7.00. The Labute approximate surface area is 198 Å². The SMILES string of the molecule is Cc1cc(C)n(-c2cc(N3CC(C(=O)N4CCN(c5ccc(C6CC6)nn5)CC4)C3)ncn2)n1. The van der Waals surface area contributed by atoms with Crippen LogP contribution in [0.1, 0.15) is 35.8 Å². The molecule has 0 N–H and O–H groups in total. The summed E-state index contributed by atoms with van der Waals surface area (Å²) in [6.07, 6.45) is 4.03. The molecule has 34 heavy (non-hydrogen) atoms. The molecular formula is C24H29N9O. The number of carbonyl (C=O) groups is 1. The molecule has 1 saturated carbocycles. The Balaban J connectivity index is 1.03. The van der Waals surface area contributed by atoms with E-state index in [-0.39, 0.29) is 11.8 Å². The minimum atomic E-state index is 0.0104. The van der Waals surface area contributed by atoms with E-state index in [1.165, 1.54) is 12.8 Å².